The van der Waals surface area contributed by atoms with Gasteiger partial charge in [-0.1, -0.05) is 12.1 Å². The van der Waals surface area contributed by atoms with Gasteiger partial charge in [-0.3, -0.25) is 14.2 Å². The molecule has 178 valence electrons. The van der Waals surface area contributed by atoms with Crippen LogP contribution in [0.25, 0.3) is 11.2 Å². The van der Waals surface area contributed by atoms with Gasteiger partial charge in [-0.25, -0.2) is 9.97 Å². The molecule has 1 amide bonds. The lowest BCUT2D eigenvalue weighted by Gasteiger charge is -2.30. The third kappa shape index (κ3) is 6.15. The maximum atomic E-state index is 12.6. The molecule has 10 heteroatoms. The zero-order valence-electron chi connectivity index (χ0n) is 19.1. The number of amides is 1. The fourth-order valence-electron chi connectivity index (χ4n) is 3.74. The number of imidazole rings is 1. The van der Waals surface area contributed by atoms with Crippen LogP contribution in [0.5, 0.6) is 0 Å². The number of carbonyl (C=O) groups is 2. The predicted molar refractivity (Wildman–Crippen MR) is 126 cm³/mol. The quantitative estimate of drug-likeness (QED) is 0.416. The predicted octanol–water partition coefficient (Wildman–Crippen LogP) is 2.02. The Morgan fingerprint density at radius 3 is 2.94 bits per heavy atom. The van der Waals surface area contributed by atoms with Gasteiger partial charge in [0.25, 0.3) is 5.91 Å². The second-order valence-electron chi connectivity index (χ2n) is 7.94. The number of nitrogen functional groups attached to an aromatic ring is 1. The van der Waals surface area contributed by atoms with Gasteiger partial charge in [0.15, 0.2) is 5.65 Å². The number of aliphatic hydroxyl groups is 1. The first-order valence-electron chi connectivity index (χ1n) is 11.0. The Morgan fingerprint density at radius 2 is 2.24 bits per heavy atom. The number of benzene rings is 1. The van der Waals surface area contributed by atoms with Crippen molar-refractivity contribution in [3.63, 3.8) is 0 Å². The summed E-state index contributed by atoms with van der Waals surface area (Å²) in [5.41, 5.74) is 8.77. The highest BCUT2D eigenvalue weighted by Gasteiger charge is 2.24. The number of anilines is 1. The van der Waals surface area contributed by atoms with Gasteiger partial charge in [0.2, 0.25) is 5.95 Å². The number of aryl methyl sites for hydroxylation is 1. The van der Waals surface area contributed by atoms with Crippen molar-refractivity contribution in [1.29, 1.82) is 5.26 Å². The highest BCUT2D eigenvalue weighted by atomic mass is 16.5. The standard InChI is InChI=1S/C16H23N5O3.C8H5NO/c1-24-7-3-6-21-14-13(19-16(21)17)8-11(9-18-14)15(23)20-5-2-4-12(22)10-20;9-5-7-2-1-3-8(4-7)6-10/h8-9,12,22H,2-7,10H2,1H3,(H2,17,19);1-4,6H. The average molecular weight is 465 g/mol. The van der Waals surface area contributed by atoms with E-state index in [0.29, 0.717) is 60.0 Å². The van der Waals surface area contributed by atoms with Crippen molar-refractivity contribution in [1.82, 2.24) is 19.4 Å². The van der Waals surface area contributed by atoms with Crippen LogP contribution in [-0.2, 0) is 11.3 Å². The molecule has 1 atom stereocenters. The smallest absolute Gasteiger partial charge is 0.255 e. The van der Waals surface area contributed by atoms with Gasteiger partial charge in [-0.05, 0) is 37.5 Å². The lowest BCUT2D eigenvalue weighted by molar-refractivity contribution is 0.0473. The molecule has 3 heterocycles. The molecule has 10 nitrogen and oxygen atoms in total. The summed E-state index contributed by atoms with van der Waals surface area (Å²) in [4.78, 5) is 33.1. The van der Waals surface area contributed by atoms with Gasteiger partial charge in [0.05, 0.1) is 23.3 Å². The summed E-state index contributed by atoms with van der Waals surface area (Å²) in [5, 5.41) is 18.1. The minimum atomic E-state index is -0.449. The first kappa shape index (κ1) is 24.8. The number of β-amino-alcohol motifs (C(OH)–C–C–N with tert-alkyl or cyclic N) is 1. The Balaban J connectivity index is 0.000000271. The molecule has 1 saturated heterocycles. The van der Waals surface area contributed by atoms with Crippen molar-refractivity contribution in [3.8, 4) is 6.07 Å². The number of carbonyl (C=O) groups excluding carboxylic acids is 2. The Kier molecular flexibility index (Phi) is 8.67. The number of aromatic nitrogens is 3. The Morgan fingerprint density at radius 1 is 1.41 bits per heavy atom. The molecule has 2 aromatic heterocycles. The number of piperidine rings is 1. The van der Waals surface area contributed by atoms with Crippen LogP contribution in [0.3, 0.4) is 0 Å². The largest absolute Gasteiger partial charge is 0.391 e. The molecule has 1 fully saturated rings. The summed E-state index contributed by atoms with van der Waals surface area (Å²) in [5.74, 6) is 0.252. The molecule has 34 heavy (non-hydrogen) atoms. The fraction of sp³-hybridized carbons (Fsp3) is 0.375. The van der Waals surface area contributed by atoms with Gasteiger partial charge < -0.3 is 20.5 Å². The Labute approximate surface area is 197 Å². The normalized spacial score (nSPS) is 15.3. The highest BCUT2D eigenvalue weighted by molar-refractivity contribution is 5.96. The van der Waals surface area contributed by atoms with E-state index in [1.165, 1.54) is 0 Å². The van der Waals surface area contributed by atoms with Crippen molar-refractivity contribution >= 4 is 29.3 Å². The van der Waals surface area contributed by atoms with Gasteiger partial charge in [-0.15, -0.1) is 0 Å². The number of nitrogens with two attached hydrogens (primary N) is 1. The van der Waals surface area contributed by atoms with E-state index < -0.39 is 6.10 Å². The number of hydrogen-bond donors (Lipinski definition) is 2. The van der Waals surface area contributed by atoms with E-state index in [0.717, 1.165) is 25.5 Å². The molecule has 3 aromatic rings. The Hall–Kier alpha value is -3.81. The number of rotatable bonds is 6. The van der Waals surface area contributed by atoms with E-state index in [2.05, 4.69) is 9.97 Å². The number of hydrogen-bond acceptors (Lipinski definition) is 8. The topological polar surface area (TPSA) is 147 Å². The van der Waals surface area contributed by atoms with Crippen LogP contribution in [0.4, 0.5) is 5.95 Å². The summed E-state index contributed by atoms with van der Waals surface area (Å²) >= 11 is 0. The van der Waals surface area contributed by atoms with Crippen molar-refractivity contribution in [2.24, 2.45) is 0 Å². The molecular weight excluding hydrogens is 436 g/mol. The second kappa shape index (κ2) is 11.9. The number of methoxy groups -OCH3 is 1. The number of nitriles is 1. The molecule has 4 rings (SSSR count). The van der Waals surface area contributed by atoms with Crippen LogP contribution in [0.2, 0.25) is 0 Å². The third-order valence-corrected chi connectivity index (χ3v) is 5.43. The number of likely N-dealkylation sites (tertiary alicyclic amines) is 1. The van der Waals surface area contributed by atoms with E-state index >= 15 is 0 Å². The highest BCUT2D eigenvalue weighted by Crippen LogP contribution is 2.20. The van der Waals surface area contributed by atoms with Crippen LogP contribution in [-0.4, -0.2) is 69.6 Å². The lowest BCUT2D eigenvalue weighted by Crippen LogP contribution is -2.42. The molecule has 0 aliphatic carbocycles. The Bertz CT molecular complexity index is 1190. The summed E-state index contributed by atoms with van der Waals surface area (Å²) in [6.45, 7) is 2.31. The van der Waals surface area contributed by atoms with E-state index in [1.807, 2.05) is 10.6 Å². The SMILES string of the molecule is COCCCn1c(N)nc2cc(C(=O)N3CCCC(O)C3)cnc21.N#Cc1cccc(C=O)c1. The molecule has 0 radical (unpaired) electrons. The number of nitrogens with zero attached hydrogens (tertiary/aromatic N) is 5. The number of aliphatic hydroxyl groups excluding tert-OH is 1. The van der Waals surface area contributed by atoms with E-state index in [9.17, 15) is 14.7 Å². The molecule has 0 bridgehead atoms. The van der Waals surface area contributed by atoms with Crippen molar-refractivity contribution in [2.75, 3.05) is 32.5 Å². The zero-order valence-corrected chi connectivity index (χ0v) is 19.1. The first-order chi connectivity index (χ1) is 16.5. The summed E-state index contributed by atoms with van der Waals surface area (Å²) in [6.07, 6.45) is 4.18. The average Bonchev–Trinajstić information content (AvgIpc) is 3.18. The van der Waals surface area contributed by atoms with Gasteiger partial charge in [0.1, 0.15) is 11.8 Å². The first-order valence-corrected chi connectivity index (χ1v) is 11.0. The number of aldehydes is 1. The number of fused-ring (bicyclic) bond motifs is 1. The van der Waals surface area contributed by atoms with Crippen molar-refractivity contribution < 1.29 is 19.4 Å². The molecule has 1 unspecified atom stereocenters. The summed E-state index contributed by atoms with van der Waals surface area (Å²) in [7, 11) is 1.66. The van der Waals surface area contributed by atoms with E-state index in [1.54, 1.807) is 48.5 Å². The van der Waals surface area contributed by atoms with Gasteiger partial charge in [-0.2, -0.15) is 5.26 Å². The van der Waals surface area contributed by atoms with E-state index in [4.69, 9.17) is 15.7 Å². The molecule has 0 saturated carbocycles. The molecule has 1 aromatic carbocycles. The van der Waals surface area contributed by atoms with Crippen LogP contribution < -0.4 is 5.73 Å². The minimum absolute atomic E-state index is 0.129. The maximum Gasteiger partial charge on any atom is 0.255 e. The van der Waals surface area contributed by atoms with Crippen molar-refractivity contribution in [3.05, 3.63) is 53.2 Å². The number of ether oxygens (including phenoxy) is 1. The second-order valence-corrected chi connectivity index (χ2v) is 7.94. The van der Waals surface area contributed by atoms with E-state index in [-0.39, 0.29) is 5.91 Å². The molecular formula is C24H28N6O4. The molecule has 1 aliphatic rings. The third-order valence-electron chi connectivity index (χ3n) is 5.43. The van der Waals surface area contributed by atoms with Crippen molar-refractivity contribution in [2.45, 2.75) is 31.9 Å². The molecule has 1 aliphatic heterocycles. The molecule has 3 N–H and O–H groups in total. The maximum absolute atomic E-state index is 12.6. The van der Waals surface area contributed by atoms with Gasteiger partial charge >= 0.3 is 0 Å². The monoisotopic (exact) mass is 464 g/mol. The molecule has 0 spiro atoms. The van der Waals surface area contributed by atoms with Gasteiger partial charge in [0, 0.05) is 45.1 Å². The summed E-state index contributed by atoms with van der Waals surface area (Å²) < 4.78 is 6.88. The lowest BCUT2D eigenvalue weighted by atomic mass is 10.1. The van der Waals surface area contributed by atoms with Crippen LogP contribution in [0, 0.1) is 11.3 Å². The zero-order chi connectivity index (χ0) is 24.5. The van der Waals surface area contributed by atoms with Crippen LogP contribution in [0.1, 0.15) is 45.5 Å². The minimum Gasteiger partial charge on any atom is -0.391 e. The van der Waals surface area contributed by atoms with Crippen LogP contribution in [0.15, 0.2) is 36.5 Å². The number of pyridine rings is 1. The fourth-order valence-corrected chi connectivity index (χ4v) is 3.74. The summed E-state index contributed by atoms with van der Waals surface area (Å²) in [6, 6.07) is 10.2. The van der Waals surface area contributed by atoms with Crippen LogP contribution >= 0.6 is 0 Å².